The average molecular weight is 377 g/mol. The molecule has 1 fully saturated rings. The quantitative estimate of drug-likeness (QED) is 0.596. The first-order valence-electron chi connectivity index (χ1n) is 9.90. The standard InChI is InChI=1S/C23H23NO4/c1-2-26-23(25)21-20-17-13-24(12-15-8-9-15)14-27-18(17)10-11-19(20)28-22(21)16-6-4-3-5-7-16/h3-7,10-11,15H,2,8-9,12-14H2,1H3. The highest BCUT2D eigenvalue weighted by Gasteiger charge is 2.31. The summed E-state index contributed by atoms with van der Waals surface area (Å²) in [4.78, 5) is 15.2. The van der Waals surface area contributed by atoms with E-state index < -0.39 is 0 Å². The molecule has 2 aliphatic rings. The molecule has 1 saturated carbocycles. The van der Waals surface area contributed by atoms with Crippen LogP contribution in [-0.4, -0.2) is 30.8 Å². The van der Waals surface area contributed by atoms with E-state index in [1.54, 1.807) is 0 Å². The van der Waals surface area contributed by atoms with Crippen molar-refractivity contribution in [1.29, 1.82) is 0 Å². The van der Waals surface area contributed by atoms with Gasteiger partial charge in [0.05, 0.1) is 6.61 Å². The lowest BCUT2D eigenvalue weighted by atomic mass is 10.00. The van der Waals surface area contributed by atoms with Crippen LogP contribution in [0.3, 0.4) is 0 Å². The minimum atomic E-state index is -0.354. The molecule has 1 aliphatic heterocycles. The molecule has 144 valence electrons. The monoisotopic (exact) mass is 377 g/mol. The fourth-order valence-electron chi connectivity index (χ4n) is 3.94. The third-order valence-corrected chi connectivity index (χ3v) is 5.43. The Bertz CT molecular complexity index is 1020. The van der Waals surface area contributed by atoms with E-state index in [9.17, 15) is 4.79 Å². The normalized spacial score (nSPS) is 16.6. The summed E-state index contributed by atoms with van der Waals surface area (Å²) in [5, 5.41) is 0.815. The second-order valence-electron chi connectivity index (χ2n) is 7.54. The van der Waals surface area contributed by atoms with Gasteiger partial charge in [-0.25, -0.2) is 4.79 Å². The Kier molecular flexibility index (Phi) is 4.32. The molecule has 3 aromatic rings. The summed E-state index contributed by atoms with van der Waals surface area (Å²) in [5.74, 6) is 1.80. The molecule has 2 aromatic carbocycles. The Balaban J connectivity index is 1.67. The molecule has 1 aromatic heterocycles. The Hall–Kier alpha value is -2.79. The minimum absolute atomic E-state index is 0.319. The van der Waals surface area contributed by atoms with E-state index in [-0.39, 0.29) is 5.97 Å². The molecule has 0 bridgehead atoms. The first-order chi connectivity index (χ1) is 13.7. The van der Waals surface area contributed by atoms with Crippen molar-refractivity contribution in [2.75, 3.05) is 19.9 Å². The molecule has 1 aliphatic carbocycles. The molecule has 28 heavy (non-hydrogen) atoms. The van der Waals surface area contributed by atoms with Crippen LogP contribution in [0.15, 0.2) is 46.9 Å². The topological polar surface area (TPSA) is 51.9 Å². The van der Waals surface area contributed by atoms with Gasteiger partial charge in [-0.2, -0.15) is 0 Å². The Labute approximate surface area is 163 Å². The van der Waals surface area contributed by atoms with Crippen molar-refractivity contribution in [3.63, 3.8) is 0 Å². The van der Waals surface area contributed by atoms with Gasteiger partial charge in [0.2, 0.25) is 0 Å². The van der Waals surface area contributed by atoms with Crippen LogP contribution in [0.4, 0.5) is 0 Å². The molecule has 0 unspecified atom stereocenters. The summed E-state index contributed by atoms with van der Waals surface area (Å²) in [6.07, 6.45) is 2.59. The molecule has 0 atom stereocenters. The number of carbonyl (C=O) groups excluding carboxylic acids is 1. The zero-order valence-electron chi connectivity index (χ0n) is 15.9. The van der Waals surface area contributed by atoms with Gasteiger partial charge in [-0.15, -0.1) is 0 Å². The number of furan rings is 1. The molecule has 0 saturated heterocycles. The number of carbonyl (C=O) groups is 1. The van der Waals surface area contributed by atoms with E-state index in [1.807, 2.05) is 49.4 Å². The summed E-state index contributed by atoms with van der Waals surface area (Å²) in [6, 6.07) is 13.5. The third-order valence-electron chi connectivity index (χ3n) is 5.43. The van der Waals surface area contributed by atoms with Gasteiger partial charge in [0, 0.05) is 29.6 Å². The van der Waals surface area contributed by atoms with E-state index in [2.05, 4.69) is 4.90 Å². The summed E-state index contributed by atoms with van der Waals surface area (Å²) in [7, 11) is 0. The first kappa shape index (κ1) is 17.3. The largest absolute Gasteiger partial charge is 0.478 e. The SMILES string of the molecule is CCOC(=O)c1c(-c2ccccc2)oc2ccc3c(c12)CN(CC1CC1)CO3. The van der Waals surface area contributed by atoms with E-state index in [4.69, 9.17) is 13.9 Å². The predicted octanol–water partition coefficient (Wildman–Crippen LogP) is 4.84. The van der Waals surface area contributed by atoms with Gasteiger partial charge in [0.15, 0.2) is 0 Å². The highest BCUT2D eigenvalue weighted by molar-refractivity contribution is 6.10. The predicted molar refractivity (Wildman–Crippen MR) is 106 cm³/mol. The van der Waals surface area contributed by atoms with E-state index >= 15 is 0 Å². The number of ether oxygens (including phenoxy) is 2. The van der Waals surface area contributed by atoms with Gasteiger partial charge in [-0.05, 0) is 37.8 Å². The fourth-order valence-corrected chi connectivity index (χ4v) is 3.94. The molecule has 5 rings (SSSR count). The van der Waals surface area contributed by atoms with Crippen LogP contribution in [-0.2, 0) is 11.3 Å². The van der Waals surface area contributed by atoms with Crippen molar-refractivity contribution >= 4 is 16.9 Å². The second-order valence-corrected chi connectivity index (χ2v) is 7.54. The highest BCUT2D eigenvalue weighted by atomic mass is 16.5. The van der Waals surface area contributed by atoms with Gasteiger partial charge in [0.25, 0.3) is 0 Å². The lowest BCUT2D eigenvalue weighted by Crippen LogP contribution is -2.33. The Morgan fingerprint density at radius 3 is 2.75 bits per heavy atom. The average Bonchev–Trinajstić information content (AvgIpc) is 3.44. The maximum absolute atomic E-state index is 12.9. The van der Waals surface area contributed by atoms with Gasteiger partial charge < -0.3 is 13.9 Å². The summed E-state index contributed by atoms with van der Waals surface area (Å²) < 4.78 is 17.6. The van der Waals surface area contributed by atoms with Crippen LogP contribution in [0, 0.1) is 5.92 Å². The summed E-state index contributed by atoms with van der Waals surface area (Å²) in [5.41, 5.74) is 3.06. The van der Waals surface area contributed by atoms with Gasteiger partial charge in [-0.1, -0.05) is 30.3 Å². The van der Waals surface area contributed by atoms with Crippen LogP contribution in [0.5, 0.6) is 5.75 Å². The number of hydrogen-bond acceptors (Lipinski definition) is 5. The number of esters is 1. The summed E-state index contributed by atoms with van der Waals surface area (Å²) in [6.45, 7) is 4.52. The zero-order valence-corrected chi connectivity index (χ0v) is 15.9. The molecular formula is C23H23NO4. The molecule has 0 spiro atoms. The minimum Gasteiger partial charge on any atom is -0.478 e. The number of nitrogens with zero attached hydrogens (tertiary/aromatic N) is 1. The zero-order chi connectivity index (χ0) is 19.1. The van der Waals surface area contributed by atoms with Crippen LogP contribution in [0.1, 0.15) is 35.7 Å². The molecule has 0 amide bonds. The Morgan fingerprint density at radius 2 is 2.00 bits per heavy atom. The van der Waals surface area contributed by atoms with Gasteiger partial charge in [-0.3, -0.25) is 4.90 Å². The van der Waals surface area contributed by atoms with Crippen molar-refractivity contribution in [3.8, 4) is 17.1 Å². The molecule has 0 radical (unpaired) electrons. The van der Waals surface area contributed by atoms with Crippen molar-refractivity contribution in [2.24, 2.45) is 5.92 Å². The van der Waals surface area contributed by atoms with E-state index in [0.29, 0.717) is 30.2 Å². The molecule has 0 N–H and O–H groups in total. The van der Waals surface area contributed by atoms with Crippen molar-refractivity contribution < 1.29 is 18.7 Å². The Morgan fingerprint density at radius 1 is 1.18 bits per heavy atom. The second kappa shape index (κ2) is 6.99. The maximum atomic E-state index is 12.9. The lowest BCUT2D eigenvalue weighted by molar-refractivity contribution is 0.0528. The van der Waals surface area contributed by atoms with Crippen LogP contribution < -0.4 is 4.74 Å². The number of fused-ring (bicyclic) bond motifs is 3. The molecule has 5 nitrogen and oxygen atoms in total. The van der Waals surface area contributed by atoms with E-state index in [0.717, 1.165) is 41.3 Å². The fraction of sp³-hybridized carbons (Fsp3) is 0.348. The first-order valence-corrected chi connectivity index (χ1v) is 9.90. The highest BCUT2D eigenvalue weighted by Crippen LogP contribution is 2.41. The molecule has 2 heterocycles. The molecule has 5 heteroatoms. The number of rotatable bonds is 5. The lowest BCUT2D eigenvalue weighted by Gasteiger charge is -2.29. The van der Waals surface area contributed by atoms with E-state index in [1.165, 1.54) is 12.8 Å². The van der Waals surface area contributed by atoms with Crippen LogP contribution in [0.25, 0.3) is 22.3 Å². The van der Waals surface area contributed by atoms with Crippen molar-refractivity contribution in [3.05, 3.63) is 53.6 Å². The summed E-state index contributed by atoms with van der Waals surface area (Å²) >= 11 is 0. The van der Waals surface area contributed by atoms with Crippen molar-refractivity contribution in [2.45, 2.75) is 26.3 Å². The third kappa shape index (κ3) is 3.06. The van der Waals surface area contributed by atoms with Gasteiger partial charge >= 0.3 is 5.97 Å². The smallest absolute Gasteiger partial charge is 0.342 e. The molecular weight excluding hydrogens is 354 g/mol. The number of hydrogen-bond donors (Lipinski definition) is 0. The van der Waals surface area contributed by atoms with Gasteiger partial charge in [0.1, 0.15) is 29.4 Å². The number of benzene rings is 2. The van der Waals surface area contributed by atoms with Crippen molar-refractivity contribution in [1.82, 2.24) is 4.90 Å². The van der Waals surface area contributed by atoms with Crippen LogP contribution in [0.2, 0.25) is 0 Å². The van der Waals surface area contributed by atoms with Crippen LogP contribution >= 0.6 is 0 Å². The maximum Gasteiger partial charge on any atom is 0.342 e.